The molecule has 6 heavy (non-hydrogen) atoms. The summed E-state index contributed by atoms with van der Waals surface area (Å²) in [6, 6.07) is 0. The molecule has 0 spiro atoms. The van der Waals surface area contributed by atoms with Crippen molar-refractivity contribution in [2.24, 2.45) is 0 Å². The van der Waals surface area contributed by atoms with Crippen molar-refractivity contribution in [3.8, 4) is 0 Å². The van der Waals surface area contributed by atoms with E-state index >= 15 is 0 Å². The molecule has 0 aromatic rings. The molecule has 0 saturated heterocycles. The third-order valence-corrected chi connectivity index (χ3v) is 0. The highest BCUT2D eigenvalue weighted by Crippen LogP contribution is 1.24. The number of rotatable bonds is 0. The first-order chi connectivity index (χ1) is 2.83. The molecular formula is C2H7NO2Si. The maximum atomic E-state index is 8.35. The number of hydrogen-bond acceptors (Lipinski definition) is 3. The van der Waals surface area contributed by atoms with Crippen molar-refractivity contribution in [2.75, 3.05) is 7.11 Å². The minimum absolute atomic E-state index is 0.750. The van der Waals surface area contributed by atoms with E-state index in [9.17, 15) is 0 Å². The van der Waals surface area contributed by atoms with Crippen LogP contribution in [0.1, 0.15) is 0 Å². The predicted octanol–water partition coefficient (Wildman–Crippen LogP) is -1.19. The van der Waals surface area contributed by atoms with Crippen molar-refractivity contribution in [1.82, 2.24) is 0 Å². The largest absolute Gasteiger partial charge is 0.431 e. The van der Waals surface area contributed by atoms with Gasteiger partial charge in [0.1, 0.15) is 10.5 Å². The highest BCUT2D eigenvalue weighted by Gasteiger charge is 1.27. The van der Waals surface area contributed by atoms with E-state index in [-0.39, 0.29) is 0 Å². The quantitative estimate of drug-likeness (QED) is 0.239. The van der Waals surface area contributed by atoms with Crippen LogP contribution in [0.25, 0.3) is 0 Å². The third-order valence-electron chi connectivity index (χ3n) is 0. The van der Waals surface area contributed by atoms with Gasteiger partial charge in [0, 0.05) is 7.11 Å². The lowest BCUT2D eigenvalue weighted by Crippen LogP contribution is -1.60. The molecule has 36 valence electrons. The summed E-state index contributed by atoms with van der Waals surface area (Å²) in [7, 11) is 2.56. The van der Waals surface area contributed by atoms with Crippen LogP contribution < -0.4 is 0 Å². The Balaban J connectivity index is 0. The summed E-state index contributed by atoms with van der Waals surface area (Å²) in [6.07, 6.45) is 0.750. The zero-order valence-corrected chi connectivity index (χ0v) is 5.82. The summed E-state index contributed by atoms with van der Waals surface area (Å²) in [5, 5.41) is 5.40. The molecule has 0 atom stereocenters. The Morgan fingerprint density at radius 2 is 2.00 bits per heavy atom. The van der Waals surface area contributed by atoms with Gasteiger partial charge >= 0.3 is 0 Å². The zero-order valence-electron chi connectivity index (χ0n) is 3.82. The average Bonchev–Trinajstić information content (AvgIpc) is 1.39. The zero-order chi connectivity index (χ0) is 5.41. The predicted molar refractivity (Wildman–Crippen MR) is 25.4 cm³/mol. The molecule has 4 heteroatoms. The van der Waals surface area contributed by atoms with E-state index in [0.717, 1.165) is 16.6 Å². The molecule has 1 N–H and O–H groups in total. The molecule has 0 aliphatic heterocycles. The number of nitrogens with one attached hydrogen (secondary N) is 1. The first kappa shape index (κ1) is 9.12. The summed E-state index contributed by atoms with van der Waals surface area (Å²) in [5.74, 6) is 0. The van der Waals surface area contributed by atoms with Gasteiger partial charge in [0.25, 0.3) is 0 Å². The topological polar surface area (TPSA) is 50.1 Å². The van der Waals surface area contributed by atoms with Gasteiger partial charge in [-0.25, -0.2) is 10.2 Å². The molecule has 0 fully saturated rings. The van der Waals surface area contributed by atoms with Gasteiger partial charge in [-0.05, 0) is 0 Å². The summed E-state index contributed by atoms with van der Waals surface area (Å²) >= 11 is 0. The molecule has 0 radical (unpaired) electrons. The number of hydrogen-bond donors (Lipinski definition) is 1. The summed E-state index contributed by atoms with van der Waals surface area (Å²) in [6.45, 7) is 0. The fourth-order valence-corrected chi connectivity index (χ4v) is 0. The Bertz CT molecular complexity index is 40.8. The van der Waals surface area contributed by atoms with Gasteiger partial charge < -0.3 is 4.43 Å². The van der Waals surface area contributed by atoms with E-state index in [0.29, 0.717) is 0 Å². The van der Waals surface area contributed by atoms with Gasteiger partial charge in [0.15, 0.2) is 0 Å². The van der Waals surface area contributed by atoms with Crippen LogP contribution in [0.2, 0.25) is 0 Å². The monoisotopic (exact) mass is 105 g/mol. The average molecular weight is 105 g/mol. The molecule has 0 unspecified atom stereocenters. The van der Waals surface area contributed by atoms with Crippen LogP contribution in [-0.4, -0.2) is 23.7 Å². The van der Waals surface area contributed by atoms with Gasteiger partial charge in [-0.2, -0.15) is 0 Å². The second-order valence-electron chi connectivity index (χ2n) is 0.510. The van der Waals surface area contributed by atoms with Crippen molar-refractivity contribution in [1.29, 1.82) is 5.41 Å². The Kier molecular flexibility index (Phi) is 36.2. The lowest BCUT2D eigenvalue weighted by molar-refractivity contribution is 0.460. The molecule has 0 aromatic carbocycles. The van der Waals surface area contributed by atoms with Crippen molar-refractivity contribution >= 4 is 16.6 Å². The molecule has 0 saturated carbocycles. The molecule has 0 bridgehead atoms. The summed E-state index contributed by atoms with van der Waals surface area (Å²) in [5.41, 5.74) is 0. The first-order valence-corrected chi connectivity index (χ1v) is 2.09. The Morgan fingerprint density at radius 1 is 2.00 bits per heavy atom. The van der Waals surface area contributed by atoms with Crippen molar-refractivity contribution in [3.05, 3.63) is 0 Å². The van der Waals surface area contributed by atoms with E-state index in [4.69, 9.17) is 10.2 Å². The Hall–Kier alpha value is -0.443. The molecule has 0 aliphatic rings. The molecule has 0 rings (SSSR count). The Labute approximate surface area is 39.4 Å². The summed E-state index contributed by atoms with van der Waals surface area (Å²) < 4.78 is 4.39. The van der Waals surface area contributed by atoms with Crippen LogP contribution in [0, 0.1) is 5.41 Å². The van der Waals surface area contributed by atoms with Crippen molar-refractivity contribution < 1.29 is 9.22 Å². The van der Waals surface area contributed by atoms with Gasteiger partial charge in [-0.1, -0.05) is 0 Å². The molecule has 0 heterocycles. The first-order valence-electron chi connectivity index (χ1n) is 1.27. The number of carbonyl (C=O) groups excluding carboxylic acids is 1. The van der Waals surface area contributed by atoms with Crippen LogP contribution in [0.3, 0.4) is 0 Å². The SMILES string of the molecule is CO[SiH3].N=C=O. The third kappa shape index (κ3) is 118. The van der Waals surface area contributed by atoms with E-state index in [2.05, 4.69) is 4.43 Å². The van der Waals surface area contributed by atoms with Gasteiger partial charge in [-0.3, -0.25) is 0 Å². The Morgan fingerprint density at radius 3 is 2.00 bits per heavy atom. The van der Waals surface area contributed by atoms with E-state index in [1.165, 1.54) is 0 Å². The molecular weight excluding hydrogens is 98.1 g/mol. The van der Waals surface area contributed by atoms with Gasteiger partial charge in [-0.15, -0.1) is 0 Å². The molecule has 0 amide bonds. The fourth-order valence-electron chi connectivity index (χ4n) is 0. The van der Waals surface area contributed by atoms with Crippen LogP contribution in [-0.2, 0) is 9.22 Å². The normalized spacial score (nSPS) is 4.83. The standard InChI is InChI=1S/CHNO.CH6OSi/c2-1-3;1-2-3/h2H;1,3H3. The summed E-state index contributed by atoms with van der Waals surface area (Å²) in [4.78, 5) is 8.35. The van der Waals surface area contributed by atoms with Gasteiger partial charge in [0.05, 0.1) is 0 Å². The van der Waals surface area contributed by atoms with E-state index in [1.54, 1.807) is 7.11 Å². The maximum Gasteiger partial charge on any atom is 0.231 e. The van der Waals surface area contributed by atoms with Crippen molar-refractivity contribution in [3.63, 3.8) is 0 Å². The second kappa shape index (κ2) is 23.8. The smallest absolute Gasteiger partial charge is 0.231 e. The molecule has 0 aromatic heterocycles. The second-order valence-corrected chi connectivity index (χ2v) is 1.33. The lowest BCUT2D eigenvalue weighted by Gasteiger charge is -1.61. The molecule has 0 aliphatic carbocycles. The van der Waals surface area contributed by atoms with Crippen LogP contribution in [0.15, 0.2) is 0 Å². The number of isocyanates is 1. The van der Waals surface area contributed by atoms with Crippen LogP contribution >= 0.6 is 0 Å². The lowest BCUT2D eigenvalue weighted by atomic mass is 11.7. The maximum absolute atomic E-state index is 8.35. The van der Waals surface area contributed by atoms with E-state index < -0.39 is 0 Å². The minimum atomic E-state index is 0.750. The van der Waals surface area contributed by atoms with Crippen molar-refractivity contribution in [2.45, 2.75) is 0 Å². The minimum Gasteiger partial charge on any atom is -0.431 e. The fraction of sp³-hybridized carbons (Fsp3) is 0.500. The highest BCUT2D eigenvalue weighted by atomic mass is 28.2. The van der Waals surface area contributed by atoms with Crippen LogP contribution in [0.4, 0.5) is 0 Å². The van der Waals surface area contributed by atoms with E-state index in [1.807, 2.05) is 0 Å². The van der Waals surface area contributed by atoms with Crippen LogP contribution in [0.5, 0.6) is 0 Å². The molecule has 3 nitrogen and oxygen atoms in total. The highest BCUT2D eigenvalue weighted by molar-refractivity contribution is 5.97. The van der Waals surface area contributed by atoms with Gasteiger partial charge in [0.2, 0.25) is 6.08 Å².